The molecular weight excluding hydrogens is 382 g/mol. The third-order valence-corrected chi connectivity index (χ3v) is 5.18. The number of hydrogen-bond donors (Lipinski definition) is 1. The minimum absolute atomic E-state index is 0.356. The highest BCUT2D eigenvalue weighted by Gasteiger charge is 2.36. The van der Waals surface area contributed by atoms with E-state index in [2.05, 4.69) is 27.8 Å². The van der Waals surface area contributed by atoms with Crippen LogP contribution in [0.3, 0.4) is 0 Å². The van der Waals surface area contributed by atoms with Crippen molar-refractivity contribution in [3.8, 4) is 5.75 Å². The summed E-state index contributed by atoms with van der Waals surface area (Å²) in [6.45, 7) is 6.90. The number of fused-ring (bicyclic) bond motifs is 1. The molecule has 2 heterocycles. The number of rotatable bonds is 11. The first-order chi connectivity index (χ1) is 14.7. The Morgan fingerprint density at radius 2 is 1.90 bits per heavy atom. The first-order valence-corrected chi connectivity index (χ1v) is 10.8. The first-order valence-electron chi connectivity index (χ1n) is 10.8. The Kier molecular flexibility index (Phi) is 7.82. The number of carbonyl (C=O) groups is 1. The number of aromatic nitrogens is 4. The number of tetrazole rings is 1. The molecule has 162 valence electrons. The number of anilines is 1. The lowest BCUT2D eigenvalue weighted by Gasteiger charge is -2.28. The van der Waals surface area contributed by atoms with Gasteiger partial charge in [-0.25, -0.2) is 4.79 Å². The molecule has 0 saturated carbocycles. The van der Waals surface area contributed by atoms with Crippen LogP contribution < -0.4 is 10.1 Å². The van der Waals surface area contributed by atoms with Crippen molar-refractivity contribution >= 4 is 11.9 Å². The number of para-hydroxylation sites is 1. The minimum Gasteiger partial charge on any atom is -0.494 e. The van der Waals surface area contributed by atoms with E-state index in [0.29, 0.717) is 36.2 Å². The van der Waals surface area contributed by atoms with Crippen LogP contribution in [0.5, 0.6) is 5.75 Å². The zero-order valence-corrected chi connectivity index (χ0v) is 18.1. The summed E-state index contributed by atoms with van der Waals surface area (Å²) in [4.78, 5) is 13.1. The molecule has 0 fully saturated rings. The number of nitrogens with one attached hydrogen (secondary N) is 1. The molecule has 1 aliphatic rings. The molecule has 0 spiro atoms. The minimum atomic E-state index is -0.518. The molecular formula is C22H31N5O3. The van der Waals surface area contributed by atoms with E-state index in [4.69, 9.17) is 9.47 Å². The number of carbonyl (C=O) groups excluding carboxylic acids is 1. The highest BCUT2D eigenvalue weighted by molar-refractivity contribution is 5.92. The smallest absolute Gasteiger partial charge is 0.338 e. The van der Waals surface area contributed by atoms with Gasteiger partial charge in [-0.05, 0) is 36.8 Å². The molecule has 0 amide bonds. The van der Waals surface area contributed by atoms with Crippen LogP contribution in [0.2, 0.25) is 0 Å². The van der Waals surface area contributed by atoms with E-state index >= 15 is 0 Å². The lowest BCUT2D eigenvalue weighted by Crippen LogP contribution is -2.30. The lowest BCUT2D eigenvalue weighted by atomic mass is 9.95. The fourth-order valence-electron chi connectivity index (χ4n) is 3.68. The van der Waals surface area contributed by atoms with Crippen LogP contribution in [0.15, 0.2) is 35.5 Å². The van der Waals surface area contributed by atoms with Crippen molar-refractivity contribution in [3.63, 3.8) is 0 Å². The normalized spacial score (nSPS) is 15.5. The Morgan fingerprint density at radius 3 is 2.70 bits per heavy atom. The summed E-state index contributed by atoms with van der Waals surface area (Å²) in [5, 5.41) is 15.0. The van der Waals surface area contributed by atoms with Gasteiger partial charge < -0.3 is 14.8 Å². The second-order valence-corrected chi connectivity index (χ2v) is 7.39. The van der Waals surface area contributed by atoms with Gasteiger partial charge in [0.05, 0.1) is 18.8 Å². The molecule has 1 atom stereocenters. The fourth-order valence-corrected chi connectivity index (χ4v) is 3.68. The predicted octanol–water partition coefficient (Wildman–Crippen LogP) is 4.26. The fraction of sp³-hybridized carbons (Fsp3) is 0.545. The van der Waals surface area contributed by atoms with Gasteiger partial charge in [0, 0.05) is 11.3 Å². The molecule has 30 heavy (non-hydrogen) atoms. The van der Waals surface area contributed by atoms with Crippen LogP contribution >= 0.6 is 0 Å². The summed E-state index contributed by atoms with van der Waals surface area (Å²) in [6.07, 6.45) is 6.82. The Labute approximate surface area is 177 Å². The Morgan fingerprint density at radius 1 is 1.13 bits per heavy atom. The van der Waals surface area contributed by atoms with Gasteiger partial charge in [-0.1, -0.05) is 62.3 Å². The summed E-state index contributed by atoms with van der Waals surface area (Å²) in [7, 11) is 0. The van der Waals surface area contributed by atoms with E-state index < -0.39 is 6.04 Å². The van der Waals surface area contributed by atoms with Gasteiger partial charge in [0.25, 0.3) is 0 Å². The molecule has 3 rings (SSSR count). The van der Waals surface area contributed by atoms with Crippen LogP contribution in [-0.2, 0) is 9.53 Å². The maximum Gasteiger partial charge on any atom is 0.338 e. The molecule has 1 aromatic heterocycles. The van der Waals surface area contributed by atoms with Crippen LogP contribution in [-0.4, -0.2) is 39.4 Å². The van der Waals surface area contributed by atoms with Crippen molar-refractivity contribution in [2.45, 2.75) is 65.3 Å². The van der Waals surface area contributed by atoms with E-state index in [1.54, 1.807) is 4.68 Å². The number of allylic oxidation sites excluding steroid dienone is 1. The van der Waals surface area contributed by atoms with Gasteiger partial charge in [0.2, 0.25) is 5.95 Å². The summed E-state index contributed by atoms with van der Waals surface area (Å²) < 4.78 is 13.1. The van der Waals surface area contributed by atoms with Gasteiger partial charge in [0.15, 0.2) is 0 Å². The van der Waals surface area contributed by atoms with E-state index in [1.807, 2.05) is 38.1 Å². The molecule has 1 aliphatic heterocycles. The number of benzene rings is 1. The molecule has 0 aliphatic carbocycles. The van der Waals surface area contributed by atoms with Crippen molar-refractivity contribution in [3.05, 3.63) is 41.1 Å². The van der Waals surface area contributed by atoms with Crippen LogP contribution in [0, 0.1) is 0 Å². The van der Waals surface area contributed by atoms with E-state index in [9.17, 15) is 4.79 Å². The van der Waals surface area contributed by atoms with Crippen molar-refractivity contribution in [2.24, 2.45) is 0 Å². The van der Waals surface area contributed by atoms with Gasteiger partial charge in [-0.3, -0.25) is 0 Å². The zero-order chi connectivity index (χ0) is 21.3. The number of unbranched alkanes of at least 4 members (excludes halogenated alkanes) is 5. The topological polar surface area (TPSA) is 91.2 Å². The van der Waals surface area contributed by atoms with Crippen molar-refractivity contribution in [1.29, 1.82) is 0 Å². The highest BCUT2D eigenvalue weighted by Crippen LogP contribution is 2.38. The van der Waals surface area contributed by atoms with Gasteiger partial charge in [0.1, 0.15) is 11.8 Å². The van der Waals surface area contributed by atoms with Crippen LogP contribution in [0.4, 0.5) is 5.95 Å². The largest absolute Gasteiger partial charge is 0.494 e. The van der Waals surface area contributed by atoms with Gasteiger partial charge in [-0.2, -0.15) is 4.68 Å². The molecule has 0 unspecified atom stereocenters. The van der Waals surface area contributed by atoms with Gasteiger partial charge in [-0.15, -0.1) is 0 Å². The van der Waals surface area contributed by atoms with E-state index in [1.165, 1.54) is 25.7 Å². The summed E-state index contributed by atoms with van der Waals surface area (Å²) >= 11 is 0. The van der Waals surface area contributed by atoms with Gasteiger partial charge >= 0.3 is 5.97 Å². The number of nitrogens with zero attached hydrogens (tertiary/aromatic N) is 4. The number of ether oxygens (including phenoxy) is 2. The quantitative estimate of drug-likeness (QED) is 0.434. The number of hydrogen-bond acceptors (Lipinski definition) is 7. The second-order valence-electron chi connectivity index (χ2n) is 7.39. The second kappa shape index (κ2) is 10.8. The molecule has 1 aromatic carbocycles. The van der Waals surface area contributed by atoms with E-state index in [0.717, 1.165) is 18.4 Å². The monoisotopic (exact) mass is 413 g/mol. The first kappa shape index (κ1) is 21.8. The van der Waals surface area contributed by atoms with Crippen molar-refractivity contribution in [1.82, 2.24) is 20.2 Å². The third kappa shape index (κ3) is 4.98. The standard InChI is InChI=1S/C22H31N5O3/c1-4-6-7-8-9-12-15-30-21(28)19-16(3)23-22-24-25-26-27(22)20(19)17-13-10-11-14-18(17)29-5-2/h10-11,13-14,20H,4-9,12,15H2,1-3H3,(H,23,24,26)/t20-/m1/s1. The molecule has 2 aromatic rings. The average molecular weight is 414 g/mol. The SMILES string of the molecule is CCCCCCCCOC(=O)C1=C(C)Nc2nnnn2[C@@H]1c1ccccc1OCC. The summed E-state index contributed by atoms with van der Waals surface area (Å²) in [6, 6.07) is 7.12. The number of esters is 1. The van der Waals surface area contributed by atoms with E-state index in [-0.39, 0.29) is 5.97 Å². The zero-order valence-electron chi connectivity index (χ0n) is 18.1. The predicted molar refractivity (Wildman–Crippen MR) is 114 cm³/mol. The maximum atomic E-state index is 13.1. The Hall–Kier alpha value is -2.90. The van der Waals surface area contributed by atoms with Crippen molar-refractivity contribution < 1.29 is 14.3 Å². The van der Waals surface area contributed by atoms with Crippen LogP contribution in [0.1, 0.15) is 70.9 Å². The highest BCUT2D eigenvalue weighted by atomic mass is 16.5. The molecule has 1 N–H and O–H groups in total. The molecule has 8 nitrogen and oxygen atoms in total. The lowest BCUT2D eigenvalue weighted by molar-refractivity contribution is -0.139. The average Bonchev–Trinajstić information content (AvgIpc) is 3.20. The third-order valence-electron chi connectivity index (χ3n) is 5.18. The molecule has 0 saturated heterocycles. The Bertz CT molecular complexity index is 877. The Balaban J connectivity index is 1.79. The van der Waals surface area contributed by atoms with Crippen LogP contribution in [0.25, 0.3) is 0 Å². The maximum absolute atomic E-state index is 13.1. The summed E-state index contributed by atoms with van der Waals surface area (Å²) in [5.74, 6) is 0.824. The molecule has 8 heteroatoms. The molecule has 0 bridgehead atoms. The van der Waals surface area contributed by atoms with Crippen molar-refractivity contribution in [2.75, 3.05) is 18.5 Å². The molecule has 0 radical (unpaired) electrons. The summed E-state index contributed by atoms with van der Waals surface area (Å²) in [5.41, 5.74) is 2.00.